The molecule has 2 aromatic rings. The number of para-hydroxylation sites is 1. The lowest BCUT2D eigenvalue weighted by Crippen LogP contribution is -2.41. The van der Waals surface area contributed by atoms with Crippen molar-refractivity contribution < 1.29 is 9.72 Å². The van der Waals surface area contributed by atoms with E-state index in [9.17, 15) is 14.9 Å². The van der Waals surface area contributed by atoms with Gasteiger partial charge in [0.2, 0.25) is 5.91 Å². The molecular weight excluding hydrogens is 330 g/mol. The van der Waals surface area contributed by atoms with Gasteiger partial charge in [-0.2, -0.15) is 0 Å². The summed E-state index contributed by atoms with van der Waals surface area (Å²) in [6, 6.07) is 11.6. The molecule has 1 atom stereocenters. The van der Waals surface area contributed by atoms with Crippen molar-refractivity contribution in [3.8, 4) is 0 Å². The van der Waals surface area contributed by atoms with E-state index in [0.717, 1.165) is 18.7 Å². The summed E-state index contributed by atoms with van der Waals surface area (Å²) in [7, 11) is 0. The average molecular weight is 346 g/mol. The van der Waals surface area contributed by atoms with Gasteiger partial charge in [-0.05, 0) is 31.0 Å². The highest BCUT2D eigenvalue weighted by Gasteiger charge is 2.27. The fourth-order valence-electron chi connectivity index (χ4n) is 2.86. The van der Waals surface area contributed by atoms with Crippen molar-refractivity contribution in [2.75, 3.05) is 16.8 Å². The van der Waals surface area contributed by atoms with Crippen LogP contribution >= 0.6 is 11.6 Å². The Bertz CT molecular complexity index is 809. The van der Waals surface area contributed by atoms with Crippen LogP contribution in [-0.4, -0.2) is 23.4 Å². The van der Waals surface area contributed by atoms with Crippen molar-refractivity contribution in [1.29, 1.82) is 0 Å². The maximum atomic E-state index is 12.5. The third-order valence-corrected chi connectivity index (χ3v) is 4.50. The highest BCUT2D eigenvalue weighted by molar-refractivity contribution is 6.34. The van der Waals surface area contributed by atoms with E-state index in [0.29, 0.717) is 5.69 Å². The van der Waals surface area contributed by atoms with E-state index in [1.807, 2.05) is 30.0 Å². The molecule has 0 spiro atoms. The topological polar surface area (TPSA) is 75.5 Å². The van der Waals surface area contributed by atoms with Gasteiger partial charge in [-0.25, -0.2) is 0 Å². The van der Waals surface area contributed by atoms with Gasteiger partial charge in [-0.1, -0.05) is 29.8 Å². The predicted octanol–water partition coefficient (Wildman–Crippen LogP) is 3.64. The fourth-order valence-corrected chi connectivity index (χ4v) is 3.09. The molecule has 3 rings (SSSR count). The number of non-ortho nitro benzene ring substituents is 1. The molecule has 1 heterocycles. The smallest absolute Gasteiger partial charge is 0.271 e. The van der Waals surface area contributed by atoms with Crippen molar-refractivity contribution in [1.82, 2.24) is 0 Å². The Morgan fingerprint density at radius 2 is 2.08 bits per heavy atom. The standard InChI is InChI=1S/C17H16ClN3O3/c1-11(20-9-8-12-4-2-3-5-16(12)20)17(22)19-15-7-6-13(21(23)24)10-14(15)18/h2-7,10-11H,8-9H2,1H3,(H,19,22)/t11-/m0/s1. The van der Waals surface area contributed by atoms with E-state index in [4.69, 9.17) is 11.6 Å². The fraction of sp³-hybridized carbons (Fsp3) is 0.235. The molecular formula is C17H16ClN3O3. The molecule has 1 N–H and O–H groups in total. The Labute approximate surface area is 144 Å². The molecule has 1 aliphatic heterocycles. The molecule has 0 unspecified atom stereocenters. The number of hydrogen-bond donors (Lipinski definition) is 1. The number of benzene rings is 2. The van der Waals surface area contributed by atoms with Gasteiger partial charge in [0.05, 0.1) is 15.6 Å². The first-order valence-corrected chi connectivity index (χ1v) is 7.94. The van der Waals surface area contributed by atoms with Gasteiger partial charge in [0.15, 0.2) is 0 Å². The summed E-state index contributed by atoms with van der Waals surface area (Å²) in [6.07, 6.45) is 0.909. The normalized spacial score (nSPS) is 14.2. The lowest BCUT2D eigenvalue weighted by molar-refractivity contribution is -0.384. The molecule has 6 nitrogen and oxygen atoms in total. The van der Waals surface area contributed by atoms with Gasteiger partial charge >= 0.3 is 0 Å². The summed E-state index contributed by atoms with van der Waals surface area (Å²) in [5.41, 5.74) is 2.55. The van der Waals surface area contributed by atoms with Gasteiger partial charge < -0.3 is 10.2 Å². The largest absolute Gasteiger partial charge is 0.359 e. The lowest BCUT2D eigenvalue weighted by atomic mass is 10.1. The lowest BCUT2D eigenvalue weighted by Gasteiger charge is -2.26. The predicted molar refractivity (Wildman–Crippen MR) is 93.7 cm³/mol. The SMILES string of the molecule is C[C@@H](C(=O)Nc1ccc([N+](=O)[O-])cc1Cl)N1CCc2ccccc21. The van der Waals surface area contributed by atoms with Crippen molar-refractivity contribution in [2.45, 2.75) is 19.4 Å². The Kier molecular flexibility index (Phi) is 4.40. The summed E-state index contributed by atoms with van der Waals surface area (Å²) < 4.78 is 0. The third-order valence-electron chi connectivity index (χ3n) is 4.19. The summed E-state index contributed by atoms with van der Waals surface area (Å²) >= 11 is 6.03. The maximum Gasteiger partial charge on any atom is 0.271 e. The van der Waals surface area contributed by atoms with Gasteiger partial charge in [0, 0.05) is 24.4 Å². The van der Waals surface area contributed by atoms with Crippen LogP contribution in [0.4, 0.5) is 17.1 Å². The first-order chi connectivity index (χ1) is 11.5. The molecule has 0 aliphatic carbocycles. The van der Waals surface area contributed by atoms with Crippen LogP contribution in [0.1, 0.15) is 12.5 Å². The van der Waals surface area contributed by atoms with Crippen LogP contribution in [0.5, 0.6) is 0 Å². The number of hydrogen-bond acceptors (Lipinski definition) is 4. The zero-order valence-electron chi connectivity index (χ0n) is 13.0. The van der Waals surface area contributed by atoms with Gasteiger partial charge in [0.1, 0.15) is 6.04 Å². The highest BCUT2D eigenvalue weighted by atomic mass is 35.5. The number of fused-ring (bicyclic) bond motifs is 1. The van der Waals surface area contributed by atoms with Crippen LogP contribution in [0, 0.1) is 10.1 Å². The van der Waals surface area contributed by atoms with Crippen LogP contribution in [0.15, 0.2) is 42.5 Å². The van der Waals surface area contributed by atoms with E-state index in [-0.39, 0.29) is 22.7 Å². The summed E-state index contributed by atoms with van der Waals surface area (Å²) in [5, 5.41) is 13.6. The number of rotatable bonds is 4. The van der Waals surface area contributed by atoms with Crippen LogP contribution in [-0.2, 0) is 11.2 Å². The minimum atomic E-state index is -0.527. The van der Waals surface area contributed by atoms with Crippen LogP contribution < -0.4 is 10.2 Å². The van der Waals surface area contributed by atoms with E-state index in [2.05, 4.69) is 11.4 Å². The number of amides is 1. The number of anilines is 2. The Morgan fingerprint density at radius 3 is 2.79 bits per heavy atom. The molecule has 7 heteroatoms. The van der Waals surface area contributed by atoms with E-state index < -0.39 is 4.92 Å². The molecule has 1 amide bonds. The van der Waals surface area contributed by atoms with Crippen LogP contribution in [0.3, 0.4) is 0 Å². The van der Waals surface area contributed by atoms with Crippen LogP contribution in [0.25, 0.3) is 0 Å². The highest BCUT2D eigenvalue weighted by Crippen LogP contribution is 2.30. The van der Waals surface area contributed by atoms with Crippen LogP contribution in [0.2, 0.25) is 5.02 Å². The molecule has 2 aromatic carbocycles. The third kappa shape index (κ3) is 3.05. The number of nitro groups is 1. The molecule has 124 valence electrons. The number of nitro benzene ring substituents is 1. The molecule has 1 aliphatic rings. The van der Waals surface area contributed by atoms with Gasteiger partial charge in [0.25, 0.3) is 5.69 Å². The average Bonchev–Trinajstić information content (AvgIpc) is 2.99. The molecule has 24 heavy (non-hydrogen) atoms. The number of nitrogens with one attached hydrogen (secondary N) is 1. The zero-order chi connectivity index (χ0) is 17.3. The van der Waals surface area contributed by atoms with Crippen molar-refractivity contribution in [3.05, 3.63) is 63.2 Å². The molecule has 0 aromatic heterocycles. The summed E-state index contributed by atoms with van der Waals surface area (Å²) in [6.45, 7) is 2.61. The van der Waals surface area contributed by atoms with E-state index in [1.165, 1.54) is 23.8 Å². The van der Waals surface area contributed by atoms with Crippen molar-refractivity contribution >= 4 is 34.6 Å². The quantitative estimate of drug-likeness (QED) is 0.678. The molecule has 0 saturated heterocycles. The number of nitrogens with zero attached hydrogens (tertiary/aromatic N) is 2. The molecule has 0 bridgehead atoms. The first kappa shape index (κ1) is 16.3. The second kappa shape index (κ2) is 6.49. The van der Waals surface area contributed by atoms with Crippen molar-refractivity contribution in [3.63, 3.8) is 0 Å². The molecule has 0 radical (unpaired) electrons. The monoisotopic (exact) mass is 345 g/mol. The Hall–Kier alpha value is -2.60. The summed E-state index contributed by atoms with van der Waals surface area (Å²) in [5.74, 6) is -0.206. The van der Waals surface area contributed by atoms with Gasteiger partial charge in [-0.3, -0.25) is 14.9 Å². The Balaban J connectivity index is 1.75. The molecule has 0 saturated carbocycles. The zero-order valence-corrected chi connectivity index (χ0v) is 13.8. The van der Waals surface area contributed by atoms with E-state index >= 15 is 0 Å². The minimum absolute atomic E-state index is 0.112. The minimum Gasteiger partial charge on any atom is -0.359 e. The second-order valence-electron chi connectivity index (χ2n) is 5.66. The summed E-state index contributed by atoms with van der Waals surface area (Å²) in [4.78, 5) is 24.8. The Morgan fingerprint density at radius 1 is 1.33 bits per heavy atom. The van der Waals surface area contributed by atoms with E-state index in [1.54, 1.807) is 0 Å². The number of carbonyl (C=O) groups is 1. The number of halogens is 1. The second-order valence-corrected chi connectivity index (χ2v) is 6.07. The van der Waals surface area contributed by atoms with Gasteiger partial charge in [-0.15, -0.1) is 0 Å². The molecule has 0 fully saturated rings. The maximum absolute atomic E-state index is 12.5. The first-order valence-electron chi connectivity index (χ1n) is 7.56. The van der Waals surface area contributed by atoms with Crippen molar-refractivity contribution in [2.24, 2.45) is 0 Å². The number of carbonyl (C=O) groups excluding carboxylic acids is 1.